The molecule has 1 atom stereocenters. The summed E-state index contributed by atoms with van der Waals surface area (Å²) in [6.45, 7) is 1.88. The minimum Gasteiger partial charge on any atom is -0.365 e. The van der Waals surface area contributed by atoms with Crippen molar-refractivity contribution in [2.45, 2.75) is 32.2 Å². The smallest absolute Gasteiger partial charge is 0.261 e. The lowest BCUT2D eigenvalue weighted by Gasteiger charge is -2.26. The van der Waals surface area contributed by atoms with Crippen molar-refractivity contribution in [3.8, 4) is 0 Å². The van der Waals surface area contributed by atoms with Crippen molar-refractivity contribution in [2.24, 2.45) is 5.73 Å². The fourth-order valence-electron chi connectivity index (χ4n) is 3.14. The molecule has 24 heavy (non-hydrogen) atoms. The van der Waals surface area contributed by atoms with Crippen LogP contribution >= 0.6 is 0 Å². The third-order valence-electron chi connectivity index (χ3n) is 4.41. The van der Waals surface area contributed by atoms with E-state index in [1.165, 1.54) is 6.07 Å². The van der Waals surface area contributed by atoms with E-state index < -0.39 is 11.5 Å². The van der Waals surface area contributed by atoms with E-state index in [9.17, 15) is 14.4 Å². The Morgan fingerprint density at radius 2 is 2.00 bits per heavy atom. The summed E-state index contributed by atoms with van der Waals surface area (Å²) in [5.74, 6) is -0.939. The molecule has 2 amide bonds. The second-order valence-corrected chi connectivity index (χ2v) is 6.04. The van der Waals surface area contributed by atoms with Gasteiger partial charge in [0.2, 0.25) is 0 Å². The van der Waals surface area contributed by atoms with Gasteiger partial charge in [-0.05, 0) is 49.4 Å². The number of fused-ring (bicyclic) bond motifs is 1. The predicted octanol–water partition coefficient (Wildman–Crippen LogP) is 1.59. The molecule has 1 aliphatic carbocycles. The zero-order chi connectivity index (χ0) is 17.3. The van der Waals surface area contributed by atoms with E-state index in [4.69, 9.17) is 5.73 Å². The van der Waals surface area contributed by atoms with Crippen molar-refractivity contribution in [3.63, 3.8) is 0 Å². The fourth-order valence-corrected chi connectivity index (χ4v) is 3.14. The van der Waals surface area contributed by atoms with E-state index in [2.05, 4.69) is 10.3 Å². The molecule has 1 aliphatic rings. The van der Waals surface area contributed by atoms with E-state index in [-0.39, 0.29) is 17.5 Å². The van der Waals surface area contributed by atoms with E-state index in [0.717, 1.165) is 29.7 Å². The van der Waals surface area contributed by atoms with Gasteiger partial charge in [-0.2, -0.15) is 0 Å². The first kappa shape index (κ1) is 16.0. The van der Waals surface area contributed by atoms with Crippen molar-refractivity contribution in [2.75, 3.05) is 0 Å². The Balaban J connectivity index is 1.93. The van der Waals surface area contributed by atoms with E-state index in [1.807, 2.05) is 25.1 Å². The number of hydrogen-bond acceptors (Lipinski definition) is 3. The summed E-state index contributed by atoms with van der Waals surface area (Å²) in [6.07, 6.45) is 2.30. The maximum absolute atomic E-state index is 12.6. The lowest BCUT2D eigenvalue weighted by molar-refractivity contribution is 0.0931. The molecular weight excluding hydrogens is 306 g/mol. The Kier molecular flexibility index (Phi) is 4.20. The van der Waals surface area contributed by atoms with Crippen LogP contribution in [0.1, 0.15) is 56.4 Å². The molecule has 1 aromatic carbocycles. The summed E-state index contributed by atoms with van der Waals surface area (Å²) in [7, 11) is 0. The van der Waals surface area contributed by atoms with Gasteiger partial charge >= 0.3 is 0 Å². The highest BCUT2D eigenvalue weighted by Gasteiger charge is 2.25. The molecule has 6 heteroatoms. The number of pyridine rings is 1. The molecule has 0 saturated carbocycles. The number of aromatic amines is 1. The molecule has 0 bridgehead atoms. The van der Waals surface area contributed by atoms with Crippen LogP contribution in [-0.4, -0.2) is 16.8 Å². The van der Waals surface area contributed by atoms with Gasteiger partial charge in [-0.25, -0.2) is 0 Å². The zero-order valence-corrected chi connectivity index (χ0v) is 13.4. The number of hydrogen-bond donors (Lipinski definition) is 3. The molecule has 0 spiro atoms. The van der Waals surface area contributed by atoms with Crippen LogP contribution in [0.5, 0.6) is 0 Å². The minimum absolute atomic E-state index is 0.0780. The fraction of sp³-hybridized carbons (Fsp3) is 0.278. The second-order valence-electron chi connectivity index (χ2n) is 6.04. The number of aryl methyl sites for hydroxylation is 2. The number of amides is 2. The van der Waals surface area contributed by atoms with Crippen molar-refractivity contribution >= 4 is 11.8 Å². The molecule has 0 aliphatic heterocycles. The molecule has 0 fully saturated rings. The summed E-state index contributed by atoms with van der Waals surface area (Å²) in [5, 5.41) is 3.00. The van der Waals surface area contributed by atoms with Crippen LogP contribution < -0.4 is 16.6 Å². The average Bonchev–Trinajstić information content (AvgIpc) is 2.54. The maximum atomic E-state index is 12.6. The van der Waals surface area contributed by atoms with Gasteiger partial charge in [0.1, 0.15) is 5.56 Å². The van der Waals surface area contributed by atoms with E-state index in [0.29, 0.717) is 12.0 Å². The highest BCUT2D eigenvalue weighted by Crippen LogP contribution is 2.28. The molecule has 1 heterocycles. The van der Waals surface area contributed by atoms with Crippen LogP contribution in [0, 0.1) is 6.92 Å². The summed E-state index contributed by atoms with van der Waals surface area (Å²) in [6, 6.07) is 8.61. The first-order chi connectivity index (χ1) is 11.5. The lowest BCUT2D eigenvalue weighted by Crippen LogP contribution is -2.34. The van der Waals surface area contributed by atoms with Crippen LogP contribution in [0.2, 0.25) is 0 Å². The van der Waals surface area contributed by atoms with E-state index >= 15 is 0 Å². The first-order valence-electron chi connectivity index (χ1n) is 7.89. The summed E-state index contributed by atoms with van der Waals surface area (Å²) in [5.41, 5.74) is 7.73. The molecule has 3 rings (SSSR count). The number of benzene rings is 1. The number of H-pyrrole nitrogens is 1. The van der Waals surface area contributed by atoms with Gasteiger partial charge in [-0.3, -0.25) is 14.4 Å². The Labute approximate surface area is 139 Å². The Hall–Kier alpha value is -2.89. The number of carbonyl (C=O) groups excluding carboxylic acids is 2. The van der Waals surface area contributed by atoms with Crippen LogP contribution in [0.3, 0.4) is 0 Å². The normalized spacial score (nSPS) is 16.3. The standard InChI is InChI=1S/C18H19N3O3/c1-10-5-2-3-6-11(10)17(23)20-14-7-4-8-15-12(14)9-13(16(19)22)18(24)21-15/h2-3,5-6,9,14H,4,7-8H2,1H3,(H2,19,22)(H,20,23)(H,21,24). The Bertz CT molecular complexity index is 870. The van der Waals surface area contributed by atoms with Gasteiger partial charge in [0.05, 0.1) is 6.04 Å². The SMILES string of the molecule is Cc1ccccc1C(=O)NC1CCCc2[nH]c(=O)c(C(N)=O)cc21. The molecule has 1 aromatic heterocycles. The third-order valence-corrected chi connectivity index (χ3v) is 4.41. The second kappa shape index (κ2) is 6.31. The van der Waals surface area contributed by atoms with Crippen LogP contribution in [0.25, 0.3) is 0 Å². The van der Waals surface area contributed by atoms with Crippen molar-refractivity contribution in [1.82, 2.24) is 10.3 Å². The summed E-state index contributed by atoms with van der Waals surface area (Å²) in [4.78, 5) is 38.6. The minimum atomic E-state index is -0.770. The molecule has 2 aromatic rings. The van der Waals surface area contributed by atoms with Crippen LogP contribution in [0.4, 0.5) is 0 Å². The van der Waals surface area contributed by atoms with Gasteiger partial charge in [0, 0.05) is 11.3 Å². The highest BCUT2D eigenvalue weighted by atomic mass is 16.2. The number of nitrogens with two attached hydrogens (primary N) is 1. The van der Waals surface area contributed by atoms with Crippen LogP contribution in [-0.2, 0) is 6.42 Å². The molecule has 1 unspecified atom stereocenters. The van der Waals surface area contributed by atoms with Gasteiger partial charge in [-0.15, -0.1) is 0 Å². The quantitative estimate of drug-likeness (QED) is 0.798. The number of carbonyl (C=O) groups is 2. The van der Waals surface area contributed by atoms with Gasteiger partial charge in [-0.1, -0.05) is 18.2 Å². The molecule has 4 N–H and O–H groups in total. The zero-order valence-electron chi connectivity index (χ0n) is 13.4. The average molecular weight is 325 g/mol. The topological polar surface area (TPSA) is 105 Å². The molecule has 0 saturated heterocycles. The lowest BCUT2D eigenvalue weighted by atomic mass is 9.90. The predicted molar refractivity (Wildman–Crippen MR) is 89.9 cm³/mol. The number of aromatic nitrogens is 1. The Morgan fingerprint density at radius 3 is 2.71 bits per heavy atom. The van der Waals surface area contributed by atoms with Gasteiger partial charge < -0.3 is 16.0 Å². The summed E-state index contributed by atoms with van der Waals surface area (Å²) < 4.78 is 0. The monoisotopic (exact) mass is 325 g/mol. The molecule has 6 nitrogen and oxygen atoms in total. The first-order valence-corrected chi connectivity index (χ1v) is 7.89. The largest absolute Gasteiger partial charge is 0.365 e. The highest BCUT2D eigenvalue weighted by molar-refractivity contribution is 5.96. The summed E-state index contributed by atoms with van der Waals surface area (Å²) >= 11 is 0. The maximum Gasteiger partial charge on any atom is 0.261 e. The number of nitrogens with one attached hydrogen (secondary N) is 2. The van der Waals surface area contributed by atoms with Gasteiger partial charge in [0.25, 0.3) is 17.4 Å². The third kappa shape index (κ3) is 2.95. The molecular formula is C18H19N3O3. The number of rotatable bonds is 3. The molecule has 0 radical (unpaired) electrons. The van der Waals surface area contributed by atoms with Gasteiger partial charge in [0.15, 0.2) is 0 Å². The van der Waals surface area contributed by atoms with Crippen molar-refractivity contribution in [3.05, 3.63) is 68.6 Å². The van der Waals surface area contributed by atoms with E-state index in [1.54, 1.807) is 6.07 Å². The van der Waals surface area contributed by atoms with Crippen molar-refractivity contribution in [1.29, 1.82) is 0 Å². The number of primary amides is 1. The van der Waals surface area contributed by atoms with Crippen molar-refractivity contribution < 1.29 is 9.59 Å². The van der Waals surface area contributed by atoms with Crippen LogP contribution in [0.15, 0.2) is 35.1 Å². The Morgan fingerprint density at radius 1 is 1.25 bits per heavy atom. The molecule has 124 valence electrons.